The minimum Gasteiger partial charge on any atom is -0.382 e. The summed E-state index contributed by atoms with van der Waals surface area (Å²) < 4.78 is 7.37. The maximum atomic E-state index is 8.51. The molecule has 4 nitrogen and oxygen atoms in total. The molecule has 0 bridgehead atoms. The van der Waals surface area contributed by atoms with E-state index in [9.17, 15) is 0 Å². The number of hydrogen-bond donors (Lipinski definition) is 1. The van der Waals surface area contributed by atoms with E-state index in [-0.39, 0.29) is 0 Å². The van der Waals surface area contributed by atoms with Gasteiger partial charge in [0, 0.05) is 13.2 Å². The Kier molecular flexibility index (Phi) is 5.49. The van der Waals surface area contributed by atoms with Crippen molar-refractivity contribution in [2.75, 3.05) is 13.2 Å². The molecule has 0 amide bonds. The highest BCUT2D eigenvalue weighted by atomic mass is 16.5. The van der Waals surface area contributed by atoms with Crippen LogP contribution in [-0.4, -0.2) is 18.2 Å². The van der Waals surface area contributed by atoms with E-state index in [1.54, 1.807) is 0 Å². The SMILES string of the molecule is CCOCCCc1[nH]cc[n+]1CCC#N. The molecule has 0 saturated carbocycles. The summed E-state index contributed by atoms with van der Waals surface area (Å²) in [6.07, 6.45) is 6.43. The summed E-state index contributed by atoms with van der Waals surface area (Å²) in [7, 11) is 0. The van der Waals surface area contributed by atoms with Gasteiger partial charge in [0.25, 0.3) is 5.82 Å². The van der Waals surface area contributed by atoms with Crippen LogP contribution in [0.5, 0.6) is 0 Å². The fraction of sp³-hybridized carbons (Fsp3) is 0.636. The van der Waals surface area contributed by atoms with Gasteiger partial charge in [0.2, 0.25) is 0 Å². The van der Waals surface area contributed by atoms with E-state index in [0.29, 0.717) is 6.42 Å². The predicted octanol–water partition coefficient (Wildman–Crippen LogP) is 1.18. The fourth-order valence-electron chi connectivity index (χ4n) is 1.48. The molecule has 0 fully saturated rings. The number of ether oxygens (including phenoxy) is 1. The highest BCUT2D eigenvalue weighted by molar-refractivity contribution is 4.78. The fourth-order valence-corrected chi connectivity index (χ4v) is 1.48. The van der Waals surface area contributed by atoms with E-state index in [1.807, 2.05) is 19.3 Å². The van der Waals surface area contributed by atoms with Crippen LogP contribution in [0, 0.1) is 11.3 Å². The monoisotopic (exact) mass is 208 g/mol. The highest BCUT2D eigenvalue weighted by Crippen LogP contribution is 1.95. The molecule has 0 saturated heterocycles. The number of aryl methyl sites for hydroxylation is 2. The Bertz CT molecular complexity index is 314. The van der Waals surface area contributed by atoms with Crippen molar-refractivity contribution >= 4 is 0 Å². The van der Waals surface area contributed by atoms with Gasteiger partial charge in [-0.1, -0.05) is 0 Å². The van der Waals surface area contributed by atoms with Crippen molar-refractivity contribution in [1.29, 1.82) is 5.26 Å². The van der Waals surface area contributed by atoms with Crippen LogP contribution in [0.3, 0.4) is 0 Å². The van der Waals surface area contributed by atoms with Gasteiger partial charge in [0.05, 0.1) is 18.9 Å². The van der Waals surface area contributed by atoms with E-state index >= 15 is 0 Å². The third-order valence-corrected chi connectivity index (χ3v) is 2.22. The molecule has 0 aliphatic carbocycles. The second kappa shape index (κ2) is 7.02. The number of H-pyrrole nitrogens is 1. The third kappa shape index (κ3) is 4.13. The summed E-state index contributed by atoms with van der Waals surface area (Å²) in [5.41, 5.74) is 0. The van der Waals surface area contributed by atoms with Crippen LogP contribution in [0.1, 0.15) is 25.6 Å². The second-order valence-corrected chi connectivity index (χ2v) is 3.31. The summed E-state index contributed by atoms with van der Waals surface area (Å²) in [4.78, 5) is 3.19. The molecule has 0 atom stereocenters. The molecule has 0 spiro atoms. The van der Waals surface area contributed by atoms with Gasteiger partial charge in [0.15, 0.2) is 0 Å². The Morgan fingerprint density at radius 1 is 1.60 bits per heavy atom. The first-order chi connectivity index (χ1) is 7.38. The largest absolute Gasteiger partial charge is 0.382 e. The quantitative estimate of drug-likeness (QED) is 0.540. The van der Waals surface area contributed by atoms with Crippen molar-refractivity contribution in [3.05, 3.63) is 18.2 Å². The van der Waals surface area contributed by atoms with Crippen LogP contribution in [0.4, 0.5) is 0 Å². The van der Waals surface area contributed by atoms with Gasteiger partial charge < -0.3 is 4.74 Å². The molecular formula is C11H18N3O+. The zero-order valence-corrected chi connectivity index (χ0v) is 9.20. The lowest BCUT2D eigenvalue weighted by Crippen LogP contribution is -2.36. The average molecular weight is 208 g/mol. The molecule has 0 aliphatic rings. The molecule has 0 aliphatic heterocycles. The summed E-state index contributed by atoms with van der Waals surface area (Å²) in [6, 6.07) is 2.15. The number of aromatic nitrogens is 2. The van der Waals surface area contributed by atoms with Crippen molar-refractivity contribution in [3.63, 3.8) is 0 Å². The van der Waals surface area contributed by atoms with Crippen LogP contribution < -0.4 is 4.57 Å². The first-order valence-corrected chi connectivity index (χ1v) is 5.39. The van der Waals surface area contributed by atoms with Gasteiger partial charge in [-0.15, -0.1) is 0 Å². The van der Waals surface area contributed by atoms with E-state index in [2.05, 4.69) is 15.6 Å². The van der Waals surface area contributed by atoms with Crippen LogP contribution in [0.2, 0.25) is 0 Å². The lowest BCUT2D eigenvalue weighted by Gasteiger charge is -1.99. The first kappa shape index (κ1) is 11.7. The normalized spacial score (nSPS) is 10.1. The Labute approximate surface area is 90.5 Å². The molecule has 1 aromatic heterocycles. The van der Waals surface area contributed by atoms with Crippen molar-refractivity contribution in [1.82, 2.24) is 4.98 Å². The highest BCUT2D eigenvalue weighted by Gasteiger charge is 2.08. The van der Waals surface area contributed by atoms with E-state index in [1.165, 1.54) is 5.82 Å². The molecule has 1 rings (SSSR count). The number of nitrogens with zero attached hydrogens (tertiary/aromatic N) is 2. The van der Waals surface area contributed by atoms with Crippen molar-refractivity contribution in [2.45, 2.75) is 32.7 Å². The van der Waals surface area contributed by atoms with Crippen molar-refractivity contribution in [2.24, 2.45) is 0 Å². The topological polar surface area (TPSA) is 52.7 Å². The first-order valence-electron chi connectivity index (χ1n) is 5.39. The molecular weight excluding hydrogens is 190 g/mol. The molecule has 0 unspecified atom stereocenters. The Hall–Kier alpha value is -1.34. The zero-order chi connectivity index (χ0) is 10.9. The Morgan fingerprint density at radius 2 is 2.47 bits per heavy atom. The van der Waals surface area contributed by atoms with Crippen molar-refractivity contribution < 1.29 is 9.30 Å². The summed E-state index contributed by atoms with van der Waals surface area (Å²) in [5.74, 6) is 1.17. The van der Waals surface area contributed by atoms with Gasteiger partial charge in [-0.2, -0.15) is 5.26 Å². The van der Waals surface area contributed by atoms with E-state index in [0.717, 1.165) is 32.6 Å². The van der Waals surface area contributed by atoms with E-state index < -0.39 is 0 Å². The maximum Gasteiger partial charge on any atom is 0.254 e. The Morgan fingerprint density at radius 3 is 3.20 bits per heavy atom. The van der Waals surface area contributed by atoms with Gasteiger partial charge in [-0.25, -0.2) is 9.55 Å². The number of nitriles is 1. The predicted molar refractivity (Wildman–Crippen MR) is 56.0 cm³/mol. The number of imidazole rings is 1. The molecule has 4 heteroatoms. The number of hydrogen-bond acceptors (Lipinski definition) is 2. The molecule has 0 radical (unpaired) electrons. The minimum atomic E-state index is 0.557. The lowest BCUT2D eigenvalue weighted by atomic mass is 10.3. The minimum absolute atomic E-state index is 0.557. The average Bonchev–Trinajstić information content (AvgIpc) is 2.69. The van der Waals surface area contributed by atoms with Crippen LogP contribution in [0.25, 0.3) is 0 Å². The smallest absolute Gasteiger partial charge is 0.254 e. The molecule has 1 N–H and O–H groups in total. The van der Waals surface area contributed by atoms with Gasteiger partial charge in [0.1, 0.15) is 18.9 Å². The van der Waals surface area contributed by atoms with Gasteiger partial charge in [-0.05, 0) is 13.3 Å². The van der Waals surface area contributed by atoms with Crippen molar-refractivity contribution in [3.8, 4) is 6.07 Å². The number of nitrogens with one attached hydrogen (secondary N) is 1. The van der Waals surface area contributed by atoms with Gasteiger partial charge in [-0.3, -0.25) is 0 Å². The Balaban J connectivity index is 2.33. The van der Waals surface area contributed by atoms with Crippen LogP contribution in [0.15, 0.2) is 12.4 Å². The molecule has 15 heavy (non-hydrogen) atoms. The zero-order valence-electron chi connectivity index (χ0n) is 9.20. The van der Waals surface area contributed by atoms with Gasteiger partial charge >= 0.3 is 0 Å². The number of aromatic amines is 1. The lowest BCUT2D eigenvalue weighted by molar-refractivity contribution is -0.701. The standard InChI is InChI=1S/C11H17N3O/c1-2-15-10-3-5-11-13-7-9-14(11)8-4-6-12/h7,9H,2-5,8,10H2,1H3/p+1. The van der Waals surface area contributed by atoms with Crippen LogP contribution in [-0.2, 0) is 17.7 Å². The summed E-state index contributed by atoms with van der Waals surface area (Å²) in [5, 5.41) is 8.51. The summed E-state index contributed by atoms with van der Waals surface area (Å²) in [6.45, 7) is 4.35. The number of rotatable bonds is 7. The van der Waals surface area contributed by atoms with Crippen LogP contribution >= 0.6 is 0 Å². The molecule has 0 aromatic carbocycles. The summed E-state index contributed by atoms with van der Waals surface area (Å²) >= 11 is 0. The third-order valence-electron chi connectivity index (χ3n) is 2.22. The molecule has 1 heterocycles. The second-order valence-electron chi connectivity index (χ2n) is 3.31. The molecule has 82 valence electrons. The molecule has 1 aromatic rings. The van der Waals surface area contributed by atoms with E-state index in [4.69, 9.17) is 10.00 Å². The maximum absolute atomic E-state index is 8.51.